The van der Waals surface area contributed by atoms with Gasteiger partial charge in [0, 0.05) is 57.7 Å². The number of hydrogen-bond acceptors (Lipinski definition) is 6. The highest BCUT2D eigenvalue weighted by Gasteiger charge is 2.37. The predicted octanol–water partition coefficient (Wildman–Crippen LogP) is 3.09. The van der Waals surface area contributed by atoms with Crippen molar-refractivity contribution in [1.29, 1.82) is 0 Å². The number of rotatable bonds is 11. The topological polar surface area (TPSA) is 51.2 Å². The van der Waals surface area contributed by atoms with E-state index < -0.39 is 0 Å². The van der Waals surface area contributed by atoms with Crippen molar-refractivity contribution in [2.45, 2.75) is 12.5 Å². The summed E-state index contributed by atoms with van der Waals surface area (Å²) in [6.07, 6.45) is 0. The fourth-order valence-corrected chi connectivity index (χ4v) is 4.99. The van der Waals surface area contributed by atoms with Crippen LogP contribution in [-0.2, 0) is 20.8 Å². The summed E-state index contributed by atoms with van der Waals surface area (Å²) in [7, 11) is 4.94. The van der Waals surface area contributed by atoms with Gasteiger partial charge < -0.3 is 19.1 Å². The van der Waals surface area contributed by atoms with Crippen LogP contribution < -0.4 is 4.74 Å². The summed E-state index contributed by atoms with van der Waals surface area (Å²) in [6, 6.07) is 12.5. The van der Waals surface area contributed by atoms with E-state index in [0.29, 0.717) is 31.5 Å². The van der Waals surface area contributed by atoms with E-state index in [-0.39, 0.29) is 12.5 Å². The van der Waals surface area contributed by atoms with Gasteiger partial charge in [-0.3, -0.25) is 9.69 Å². The lowest BCUT2D eigenvalue weighted by molar-refractivity contribution is -0.136. The van der Waals surface area contributed by atoms with Crippen LogP contribution in [0, 0.1) is 5.92 Å². The Morgan fingerprint density at radius 1 is 1.13 bits per heavy atom. The normalized spacial score (nSPS) is 19.2. The standard InChI is InChI=1S/C23H32N2O4S/c1-27-11-10-25(23(26)17-28-2)14-18-13-24(15-19-7-6-12-30-19)16-21(18)20-8-4-5-9-22(20)29-3/h4-9,12,18,21H,10-11,13-17H2,1-3H3/t18-,21-/m1/s1. The Labute approximate surface area is 183 Å². The summed E-state index contributed by atoms with van der Waals surface area (Å²) >= 11 is 1.79. The van der Waals surface area contributed by atoms with Crippen LogP contribution in [0.4, 0.5) is 0 Å². The summed E-state index contributed by atoms with van der Waals surface area (Å²) in [5.74, 6) is 1.52. The smallest absolute Gasteiger partial charge is 0.248 e. The maximum atomic E-state index is 12.6. The molecule has 1 amide bonds. The van der Waals surface area contributed by atoms with Crippen LogP contribution in [0.5, 0.6) is 5.75 Å². The minimum absolute atomic E-state index is 0.00466. The number of likely N-dealkylation sites (tertiary alicyclic amines) is 1. The highest BCUT2D eigenvalue weighted by Crippen LogP contribution is 2.38. The molecule has 2 heterocycles. The van der Waals surface area contributed by atoms with E-state index in [4.69, 9.17) is 14.2 Å². The third kappa shape index (κ3) is 5.82. The van der Waals surface area contributed by atoms with E-state index in [9.17, 15) is 4.79 Å². The average molecular weight is 433 g/mol. The zero-order chi connectivity index (χ0) is 21.3. The minimum Gasteiger partial charge on any atom is -0.496 e. The fraction of sp³-hybridized carbons (Fsp3) is 0.522. The minimum atomic E-state index is 0.00466. The Morgan fingerprint density at radius 2 is 1.97 bits per heavy atom. The molecule has 0 bridgehead atoms. The maximum absolute atomic E-state index is 12.6. The quantitative estimate of drug-likeness (QED) is 0.546. The number of thiophene rings is 1. The first-order chi connectivity index (χ1) is 14.7. The van der Waals surface area contributed by atoms with E-state index in [2.05, 4.69) is 34.5 Å². The van der Waals surface area contributed by atoms with Crippen LogP contribution >= 0.6 is 11.3 Å². The van der Waals surface area contributed by atoms with Gasteiger partial charge in [-0.1, -0.05) is 24.3 Å². The highest BCUT2D eigenvalue weighted by atomic mass is 32.1. The van der Waals surface area contributed by atoms with Crippen LogP contribution in [0.25, 0.3) is 0 Å². The molecular formula is C23H32N2O4S. The summed E-state index contributed by atoms with van der Waals surface area (Å²) in [4.78, 5) is 18.4. The Hall–Kier alpha value is -1.93. The Kier molecular flexibility index (Phi) is 8.69. The largest absolute Gasteiger partial charge is 0.496 e. The molecule has 2 atom stereocenters. The van der Waals surface area contributed by atoms with Gasteiger partial charge in [-0.15, -0.1) is 11.3 Å². The average Bonchev–Trinajstić information content (AvgIpc) is 3.41. The maximum Gasteiger partial charge on any atom is 0.248 e. The molecule has 30 heavy (non-hydrogen) atoms. The molecule has 0 unspecified atom stereocenters. The molecule has 2 aromatic rings. The lowest BCUT2D eigenvalue weighted by atomic mass is 9.88. The molecule has 164 valence electrons. The molecule has 1 aliphatic heterocycles. The van der Waals surface area contributed by atoms with Crippen molar-refractivity contribution >= 4 is 17.2 Å². The number of amides is 1. The first-order valence-electron chi connectivity index (χ1n) is 10.3. The second-order valence-corrected chi connectivity index (χ2v) is 8.68. The van der Waals surface area contributed by atoms with Gasteiger partial charge in [0.05, 0.1) is 13.7 Å². The van der Waals surface area contributed by atoms with Gasteiger partial charge in [0.15, 0.2) is 0 Å². The van der Waals surface area contributed by atoms with Gasteiger partial charge >= 0.3 is 0 Å². The van der Waals surface area contributed by atoms with Gasteiger partial charge in [-0.2, -0.15) is 0 Å². The number of benzene rings is 1. The number of nitrogens with zero attached hydrogens (tertiary/aromatic N) is 2. The van der Waals surface area contributed by atoms with Crippen molar-refractivity contribution in [3.63, 3.8) is 0 Å². The van der Waals surface area contributed by atoms with E-state index >= 15 is 0 Å². The van der Waals surface area contributed by atoms with Crippen molar-refractivity contribution in [3.8, 4) is 5.75 Å². The molecule has 1 fully saturated rings. The van der Waals surface area contributed by atoms with Gasteiger partial charge in [0.2, 0.25) is 5.91 Å². The molecule has 7 heteroatoms. The van der Waals surface area contributed by atoms with Crippen molar-refractivity contribution < 1.29 is 19.0 Å². The Balaban J connectivity index is 1.81. The van der Waals surface area contributed by atoms with Crippen LogP contribution in [0.2, 0.25) is 0 Å². The molecule has 0 aliphatic carbocycles. The van der Waals surface area contributed by atoms with Crippen molar-refractivity contribution in [1.82, 2.24) is 9.80 Å². The summed E-state index contributed by atoms with van der Waals surface area (Å²) in [5.41, 5.74) is 1.21. The summed E-state index contributed by atoms with van der Waals surface area (Å²) in [6.45, 7) is 4.66. The highest BCUT2D eigenvalue weighted by molar-refractivity contribution is 7.09. The first-order valence-corrected chi connectivity index (χ1v) is 11.2. The van der Waals surface area contributed by atoms with Crippen LogP contribution in [0.15, 0.2) is 41.8 Å². The Bertz CT molecular complexity index is 783. The van der Waals surface area contributed by atoms with E-state index in [1.165, 1.54) is 10.4 Å². The predicted molar refractivity (Wildman–Crippen MR) is 119 cm³/mol. The molecule has 0 spiro atoms. The molecule has 1 saturated heterocycles. The van der Waals surface area contributed by atoms with Crippen molar-refractivity contribution in [2.75, 3.05) is 60.7 Å². The molecule has 1 aromatic carbocycles. The summed E-state index contributed by atoms with van der Waals surface area (Å²) in [5, 5.41) is 2.12. The second-order valence-electron chi connectivity index (χ2n) is 7.65. The molecular weight excluding hydrogens is 400 g/mol. The number of hydrogen-bond donors (Lipinski definition) is 0. The van der Waals surface area contributed by atoms with E-state index in [1.54, 1.807) is 32.7 Å². The molecule has 1 aromatic heterocycles. The third-order valence-electron chi connectivity index (χ3n) is 5.66. The molecule has 1 aliphatic rings. The second kappa shape index (κ2) is 11.5. The van der Waals surface area contributed by atoms with Crippen LogP contribution in [-0.4, -0.2) is 76.4 Å². The van der Waals surface area contributed by atoms with Gasteiger partial charge in [0.25, 0.3) is 0 Å². The number of methoxy groups -OCH3 is 3. The van der Waals surface area contributed by atoms with Crippen molar-refractivity contribution in [3.05, 3.63) is 52.2 Å². The molecule has 6 nitrogen and oxygen atoms in total. The summed E-state index contributed by atoms with van der Waals surface area (Å²) < 4.78 is 16.0. The lowest BCUT2D eigenvalue weighted by Crippen LogP contribution is -2.41. The first kappa shape index (κ1) is 22.7. The molecule has 0 saturated carbocycles. The Morgan fingerprint density at radius 3 is 2.67 bits per heavy atom. The zero-order valence-corrected chi connectivity index (χ0v) is 18.9. The monoisotopic (exact) mass is 432 g/mol. The van der Waals surface area contributed by atoms with Crippen LogP contribution in [0.3, 0.4) is 0 Å². The van der Waals surface area contributed by atoms with E-state index in [1.807, 2.05) is 17.0 Å². The molecule has 0 N–H and O–H groups in total. The molecule has 0 radical (unpaired) electrons. The lowest BCUT2D eigenvalue weighted by Gasteiger charge is -2.28. The zero-order valence-electron chi connectivity index (χ0n) is 18.1. The number of carbonyl (C=O) groups excluding carboxylic acids is 1. The van der Waals surface area contributed by atoms with E-state index in [0.717, 1.165) is 25.4 Å². The number of ether oxygens (including phenoxy) is 3. The molecule has 3 rings (SSSR count). The van der Waals surface area contributed by atoms with Gasteiger partial charge in [-0.05, 0) is 29.0 Å². The third-order valence-corrected chi connectivity index (χ3v) is 6.52. The number of carbonyl (C=O) groups is 1. The SMILES string of the molecule is COCCN(C[C@H]1CN(Cc2cccs2)C[C@H]1c1ccccc1OC)C(=O)COC. The number of para-hydroxylation sites is 1. The fourth-order valence-electron chi connectivity index (χ4n) is 4.24. The van der Waals surface area contributed by atoms with Crippen LogP contribution in [0.1, 0.15) is 16.4 Å². The van der Waals surface area contributed by atoms with Crippen molar-refractivity contribution in [2.24, 2.45) is 5.92 Å². The van der Waals surface area contributed by atoms with Gasteiger partial charge in [-0.25, -0.2) is 0 Å². The van der Waals surface area contributed by atoms with Gasteiger partial charge in [0.1, 0.15) is 12.4 Å².